The van der Waals surface area contributed by atoms with Gasteiger partial charge in [0.2, 0.25) is 0 Å². The number of allylic oxidation sites excluding steroid dienone is 2. The van der Waals surface area contributed by atoms with Gasteiger partial charge in [0.25, 0.3) is 0 Å². The van der Waals surface area contributed by atoms with Crippen LogP contribution in [0.3, 0.4) is 0 Å². The zero-order valence-corrected chi connectivity index (χ0v) is 13.9. The third-order valence-electron chi connectivity index (χ3n) is 1.02. The summed E-state index contributed by atoms with van der Waals surface area (Å²) >= 11 is 0. The molecule has 0 amide bonds. The maximum absolute atomic E-state index is 4.21. The molecule has 0 aromatic heterocycles. The molecule has 0 unspecified atom stereocenters. The van der Waals surface area contributed by atoms with Gasteiger partial charge in [-0.1, -0.05) is 13.3 Å². The maximum atomic E-state index is 4.21. The second-order valence-electron chi connectivity index (χ2n) is 3.58. The summed E-state index contributed by atoms with van der Waals surface area (Å²) in [6, 6.07) is 0. The Bertz CT molecular complexity index is 128. The van der Waals surface area contributed by atoms with Crippen LogP contribution in [0.25, 0.3) is 5.43 Å². The van der Waals surface area contributed by atoms with Gasteiger partial charge in [-0.3, -0.25) is 0 Å². The van der Waals surface area contributed by atoms with Gasteiger partial charge in [-0.25, -0.2) is 0 Å². The average molecular weight is 250 g/mol. The van der Waals surface area contributed by atoms with Gasteiger partial charge in [-0.2, -0.15) is 26.5 Å². The molecule has 0 fully saturated rings. The second-order valence-corrected chi connectivity index (χ2v) is 3.58. The minimum absolute atomic E-state index is 0. The first kappa shape index (κ1) is 19.7. The van der Waals surface area contributed by atoms with Gasteiger partial charge in [0.1, 0.15) is 0 Å². The molecule has 0 N–H and O–H groups in total. The molecule has 0 saturated heterocycles. The van der Waals surface area contributed by atoms with Crippen molar-refractivity contribution in [3.05, 3.63) is 23.1 Å². The molecule has 0 aliphatic heterocycles. The molecule has 0 aliphatic rings. The molecule has 0 atom stereocenters. The van der Waals surface area contributed by atoms with Crippen molar-refractivity contribution in [2.24, 2.45) is 0 Å². The molecule has 2 nitrogen and oxygen atoms in total. The molecule has 0 aliphatic carbocycles. The molecule has 0 rings (SSSR count). The molecule has 0 aromatic rings. The second kappa shape index (κ2) is 13.1. The fourth-order valence-electron chi connectivity index (χ4n) is 0.589. The first-order valence-electron chi connectivity index (χ1n) is 4.74. The van der Waals surface area contributed by atoms with Crippen LogP contribution in [0.1, 0.15) is 41.0 Å². The van der Waals surface area contributed by atoms with Gasteiger partial charge in [-0.15, -0.1) is 6.08 Å². The molecule has 0 aromatic carbocycles. The van der Waals surface area contributed by atoms with Crippen LogP contribution in [0, 0.1) is 5.92 Å². The Morgan fingerprint density at radius 1 is 1.29 bits per heavy atom. The van der Waals surface area contributed by atoms with Gasteiger partial charge in [0.05, 0.1) is 0 Å². The van der Waals surface area contributed by atoms with Crippen molar-refractivity contribution in [2.45, 2.75) is 41.0 Å². The Morgan fingerprint density at radius 2 is 1.64 bits per heavy atom. The molecule has 0 bridgehead atoms. The normalized spacial score (nSPS) is 10.5. The SMILES string of the molecule is C/C=C(\CC)[N-]N(C)C.C[C-](C)C.[Zn+2]. The summed E-state index contributed by atoms with van der Waals surface area (Å²) < 4.78 is 0. The zero-order chi connectivity index (χ0) is 10.9. The largest absolute Gasteiger partial charge is 2.00 e. The number of hydrogen-bond donors (Lipinski definition) is 0. The Kier molecular flexibility index (Phi) is 18.4. The fraction of sp³-hybridized carbons (Fsp3) is 0.727. The van der Waals surface area contributed by atoms with Gasteiger partial charge >= 0.3 is 19.5 Å². The van der Waals surface area contributed by atoms with Crippen LogP contribution in [0.2, 0.25) is 0 Å². The number of nitrogens with zero attached hydrogens (tertiary/aromatic N) is 2. The van der Waals surface area contributed by atoms with Crippen LogP contribution in [0.15, 0.2) is 11.8 Å². The molecule has 0 saturated carbocycles. The quantitative estimate of drug-likeness (QED) is 0.423. The molecular formula is C11H24N2Zn. The van der Waals surface area contributed by atoms with Crippen LogP contribution in [0.4, 0.5) is 0 Å². The Labute approximate surface area is 103 Å². The van der Waals surface area contributed by atoms with Gasteiger partial charge in [0, 0.05) is 0 Å². The van der Waals surface area contributed by atoms with Crippen molar-refractivity contribution >= 4 is 0 Å². The van der Waals surface area contributed by atoms with Gasteiger partial charge in [0.15, 0.2) is 0 Å². The predicted octanol–water partition coefficient (Wildman–Crippen LogP) is 3.77. The molecule has 14 heavy (non-hydrogen) atoms. The molecule has 80 valence electrons. The van der Waals surface area contributed by atoms with Crippen LogP contribution in [0.5, 0.6) is 0 Å². The van der Waals surface area contributed by atoms with Crippen molar-refractivity contribution < 1.29 is 19.5 Å². The Hall–Kier alpha value is 0.123. The van der Waals surface area contributed by atoms with E-state index >= 15 is 0 Å². The molecule has 0 radical (unpaired) electrons. The topological polar surface area (TPSA) is 17.3 Å². The Balaban J connectivity index is -0.000000209. The molecule has 3 heteroatoms. The Morgan fingerprint density at radius 3 is 1.71 bits per heavy atom. The first-order chi connectivity index (χ1) is 5.93. The van der Waals surface area contributed by atoms with Crippen LogP contribution < -0.4 is 0 Å². The zero-order valence-electron chi connectivity index (χ0n) is 10.9. The smallest absolute Gasteiger partial charge is 0.624 e. The standard InChI is InChI=1S/C7H15N2.C4H9.Zn/c1-5-7(6-2)8-9(3)4;1-4(2)3;/h5H,6H2,1-4H3;1-3H3;/q2*-1;+2/b7-5+;;. The minimum Gasteiger partial charge on any atom is -0.624 e. The van der Waals surface area contributed by atoms with E-state index in [4.69, 9.17) is 0 Å². The van der Waals surface area contributed by atoms with Crippen LogP contribution >= 0.6 is 0 Å². The van der Waals surface area contributed by atoms with E-state index in [-0.39, 0.29) is 19.5 Å². The summed E-state index contributed by atoms with van der Waals surface area (Å²) in [5.41, 5.74) is 5.35. The summed E-state index contributed by atoms with van der Waals surface area (Å²) in [4.78, 5) is 0. The van der Waals surface area contributed by atoms with E-state index in [1.54, 1.807) is 0 Å². The average Bonchev–Trinajstić information content (AvgIpc) is 1.98. The third kappa shape index (κ3) is 22.7. The fourth-order valence-corrected chi connectivity index (χ4v) is 0.589. The molecule has 0 heterocycles. The minimum atomic E-state index is 0. The van der Waals surface area contributed by atoms with Crippen molar-refractivity contribution in [3.8, 4) is 0 Å². The summed E-state index contributed by atoms with van der Waals surface area (Å²) in [7, 11) is 3.86. The van der Waals surface area contributed by atoms with Crippen LogP contribution in [-0.4, -0.2) is 19.1 Å². The van der Waals surface area contributed by atoms with Crippen molar-refractivity contribution in [1.29, 1.82) is 0 Å². The number of hydrogen-bond acceptors (Lipinski definition) is 1. The van der Waals surface area contributed by atoms with E-state index in [0.29, 0.717) is 0 Å². The van der Waals surface area contributed by atoms with Crippen LogP contribution in [-0.2, 0) is 19.5 Å². The van der Waals surface area contributed by atoms with E-state index < -0.39 is 0 Å². The van der Waals surface area contributed by atoms with E-state index in [9.17, 15) is 0 Å². The monoisotopic (exact) mass is 248 g/mol. The summed E-state index contributed by atoms with van der Waals surface area (Å²) in [5.74, 6) is 1.42. The van der Waals surface area contributed by atoms with E-state index in [0.717, 1.165) is 12.1 Å². The molecule has 0 spiro atoms. The van der Waals surface area contributed by atoms with Crippen molar-refractivity contribution in [2.75, 3.05) is 14.1 Å². The van der Waals surface area contributed by atoms with Gasteiger partial charge < -0.3 is 16.4 Å². The molecular weight excluding hydrogens is 226 g/mol. The summed E-state index contributed by atoms with van der Waals surface area (Å²) in [6.45, 7) is 10.4. The summed E-state index contributed by atoms with van der Waals surface area (Å²) in [5, 5.41) is 1.82. The van der Waals surface area contributed by atoms with Crippen molar-refractivity contribution in [3.63, 3.8) is 0 Å². The first-order valence-corrected chi connectivity index (χ1v) is 4.74. The van der Waals surface area contributed by atoms with E-state index in [1.165, 1.54) is 5.92 Å². The van der Waals surface area contributed by atoms with Gasteiger partial charge in [-0.05, 0) is 21.0 Å². The van der Waals surface area contributed by atoms with Crippen molar-refractivity contribution in [1.82, 2.24) is 5.01 Å². The number of rotatable bonds is 3. The maximum Gasteiger partial charge on any atom is 2.00 e. The third-order valence-corrected chi connectivity index (χ3v) is 1.02. The van der Waals surface area contributed by atoms with E-state index in [1.807, 2.05) is 32.1 Å². The summed E-state index contributed by atoms with van der Waals surface area (Å²) in [6.07, 6.45) is 3.04. The van der Waals surface area contributed by atoms with E-state index in [2.05, 4.69) is 33.1 Å². The predicted molar refractivity (Wildman–Crippen MR) is 61.4 cm³/mol.